The molecule has 39 nitrogen and oxygen atoms in total. The fourth-order valence-electron chi connectivity index (χ4n) is 10.0. The maximum atomic E-state index is 11.0. The lowest BCUT2D eigenvalue weighted by molar-refractivity contribution is -0.384. The first kappa shape index (κ1) is 146. The Morgan fingerprint density at radius 1 is 0.365 bits per heavy atom. The second-order valence-electron chi connectivity index (χ2n) is 26.8. The number of hydrogen-bond acceptors (Lipinski definition) is 36. The normalized spacial score (nSPS) is 10.4. The number of anilines is 10. The van der Waals surface area contributed by atoms with E-state index in [9.17, 15) is 14.9 Å². The van der Waals surface area contributed by atoms with E-state index in [0.29, 0.717) is 55.3 Å². The Hall–Kier alpha value is -11.4. The zero-order valence-corrected chi connectivity index (χ0v) is 76.9. The fraction of sp³-hybridized carbons (Fsp3) is 0.592. The van der Waals surface area contributed by atoms with Crippen molar-refractivity contribution in [2.45, 2.75) is 171 Å². The molecular formula is C98H188N26O13. The van der Waals surface area contributed by atoms with Crippen molar-refractivity contribution >= 4 is 81.6 Å². The molecule has 39 heteroatoms. The van der Waals surface area contributed by atoms with Gasteiger partial charge in [0.05, 0.1) is 28.7 Å². The smallest absolute Gasteiger partial charge is 0.311 e. The Labute approximate surface area is 826 Å². The highest BCUT2D eigenvalue weighted by Gasteiger charge is 2.13. The van der Waals surface area contributed by atoms with Gasteiger partial charge >= 0.3 is 5.69 Å². The summed E-state index contributed by atoms with van der Waals surface area (Å²) in [7, 11) is 16.9. The number of imidazole rings is 1. The largest absolute Gasteiger partial charge is 0.396 e. The van der Waals surface area contributed by atoms with Crippen molar-refractivity contribution in [1.29, 1.82) is 0 Å². The third-order valence-electron chi connectivity index (χ3n) is 16.3. The van der Waals surface area contributed by atoms with Crippen LogP contribution in [0.5, 0.6) is 0 Å². The summed E-state index contributed by atoms with van der Waals surface area (Å²) < 4.78 is 49.1. The summed E-state index contributed by atoms with van der Waals surface area (Å²) in [6, 6.07) is 29.4. The number of guanidine groups is 1. The van der Waals surface area contributed by atoms with Gasteiger partial charge in [0, 0.05) is 297 Å². The third kappa shape index (κ3) is 89.6. The quantitative estimate of drug-likeness (QED) is 0.00956. The highest BCUT2D eigenvalue weighted by molar-refractivity contribution is 5.91. The van der Waals surface area contributed by atoms with Gasteiger partial charge in [-0.25, -0.2) is 44.9 Å². The van der Waals surface area contributed by atoms with Crippen molar-refractivity contribution in [1.82, 2.24) is 65.8 Å². The molecule has 0 saturated heterocycles. The molecule has 0 aromatic carbocycles. The van der Waals surface area contributed by atoms with Crippen molar-refractivity contribution in [3.05, 3.63) is 169 Å². The number of ether oxygens (including phenoxy) is 10. The average molecular weight is 1940 g/mol. The van der Waals surface area contributed by atoms with Gasteiger partial charge in [-0.1, -0.05) is 92.5 Å². The number of amidine groups is 1. The predicted octanol–water partition coefficient (Wildman–Crippen LogP) is 17.9. The van der Waals surface area contributed by atoms with Gasteiger partial charge in [-0.2, -0.15) is 0 Å². The van der Waals surface area contributed by atoms with Crippen LogP contribution in [0.2, 0.25) is 0 Å². The zero-order valence-electron chi connectivity index (χ0n) is 76.9. The highest BCUT2D eigenvalue weighted by atomic mass is 16.6. The molecule has 10 heterocycles. The fourth-order valence-corrected chi connectivity index (χ4v) is 10.0. The van der Waals surface area contributed by atoms with Gasteiger partial charge in [0.1, 0.15) is 29.1 Å². The van der Waals surface area contributed by atoms with E-state index in [1.165, 1.54) is 37.9 Å². The summed E-state index contributed by atoms with van der Waals surface area (Å²) in [5.74, 6) is 8.03. The first-order valence-electron chi connectivity index (χ1n) is 43.0. The van der Waals surface area contributed by atoms with Crippen LogP contribution in [0.3, 0.4) is 0 Å². The lowest BCUT2D eigenvalue weighted by atomic mass is 10.2. The number of aromatic nitrogens is 10. The molecule has 15 N–H and O–H groups in total. The Morgan fingerprint density at radius 2 is 0.752 bits per heavy atom. The number of H-pyrrole nitrogens is 1. The summed E-state index contributed by atoms with van der Waals surface area (Å²) in [6.07, 6.45) is 31.9. The van der Waals surface area contributed by atoms with E-state index >= 15 is 0 Å². The summed E-state index contributed by atoms with van der Waals surface area (Å²) in [5, 5.41) is 48.0. The van der Waals surface area contributed by atoms with Gasteiger partial charge in [0.25, 0.3) is 0 Å². The number of unbranched alkanes of at least 4 members (excludes halogenated alkanes) is 1. The maximum Gasteiger partial charge on any atom is 0.311 e. The minimum absolute atomic E-state index is 0. The van der Waals surface area contributed by atoms with Gasteiger partial charge < -0.3 is 122 Å². The van der Waals surface area contributed by atoms with Crippen LogP contribution < -0.4 is 69.5 Å². The first-order chi connectivity index (χ1) is 62.4. The SMILES string of the molecule is C.C.C.C.C.C.C.C.C.C.COCCCCNc1ccccn1.COCCCNC1=NCCCC1.COCCCNC1=NCCCN1.COCCCNc1ccccn1.COCCCNc1ncc[nH]1.COCCCNc1ncccc1N.COCCCNc1ncccc1NC(C)=O.COCCCNc1ncccc1[N+](=O)[O-].COCCCNc1ncccn1.COCCNc1ccccn1. The third-order valence-corrected chi connectivity index (χ3v) is 16.3. The van der Waals surface area contributed by atoms with Crippen LogP contribution in [-0.4, -0.2) is 295 Å². The molecule has 2 aliphatic heterocycles. The first-order valence-corrected chi connectivity index (χ1v) is 43.0. The van der Waals surface area contributed by atoms with Gasteiger partial charge in [0.2, 0.25) is 17.7 Å². The van der Waals surface area contributed by atoms with E-state index in [4.69, 9.17) is 53.1 Å². The van der Waals surface area contributed by atoms with Crippen LogP contribution in [0.25, 0.3) is 0 Å². The molecule has 10 rings (SSSR count). The molecule has 8 aromatic rings. The summed E-state index contributed by atoms with van der Waals surface area (Å²) in [6.45, 7) is 20.6. The lowest BCUT2D eigenvalue weighted by Gasteiger charge is -2.15. The molecule has 788 valence electrons. The maximum absolute atomic E-state index is 11.0. The number of nitrogens with one attached hydrogen (secondary N) is 13. The van der Waals surface area contributed by atoms with Crippen LogP contribution in [0.1, 0.15) is 171 Å². The number of hydrogen-bond donors (Lipinski definition) is 14. The highest BCUT2D eigenvalue weighted by Crippen LogP contribution is 2.21. The van der Waals surface area contributed by atoms with E-state index < -0.39 is 4.92 Å². The predicted molar refractivity (Wildman–Crippen MR) is 579 cm³/mol. The molecule has 137 heavy (non-hydrogen) atoms. The summed E-state index contributed by atoms with van der Waals surface area (Å²) in [5.41, 5.74) is 7.06. The van der Waals surface area contributed by atoms with Gasteiger partial charge in [0.15, 0.2) is 11.9 Å². The number of nitrogens with zero attached hydrogens (tertiary/aromatic N) is 12. The number of amides is 1. The van der Waals surface area contributed by atoms with Crippen LogP contribution in [-0.2, 0) is 52.2 Å². The van der Waals surface area contributed by atoms with Gasteiger partial charge in [-0.05, 0) is 156 Å². The molecule has 0 radical (unpaired) electrons. The molecule has 0 spiro atoms. The number of carbonyl (C=O) groups is 1. The molecule has 0 bridgehead atoms. The molecule has 0 atom stereocenters. The number of carbonyl (C=O) groups excluding carboxylic acids is 1. The van der Waals surface area contributed by atoms with Gasteiger partial charge in [-0.15, -0.1) is 0 Å². The Balaban J connectivity index is -0.000000162. The summed E-state index contributed by atoms with van der Waals surface area (Å²) in [4.78, 5) is 69.3. The number of aliphatic imine (C=N–C) groups is 2. The van der Waals surface area contributed by atoms with Crippen LogP contribution in [0, 0.1) is 10.1 Å². The minimum Gasteiger partial charge on any atom is -0.396 e. The summed E-state index contributed by atoms with van der Waals surface area (Å²) >= 11 is 0. The molecule has 1 amide bonds. The van der Waals surface area contributed by atoms with Crippen molar-refractivity contribution in [3.63, 3.8) is 0 Å². The molecule has 0 fully saturated rings. The Bertz CT molecular complexity index is 3720. The molecule has 2 aliphatic rings. The second-order valence-corrected chi connectivity index (χ2v) is 26.8. The number of pyridine rings is 6. The molecule has 0 aliphatic carbocycles. The number of aromatic amines is 1. The topological polar surface area (TPSA) is 479 Å². The van der Waals surface area contributed by atoms with Crippen molar-refractivity contribution in [2.24, 2.45) is 9.98 Å². The Kier molecular flexibility index (Phi) is 119. The standard InChI is InChI=1S/C11H17N3O2.C10H16N2O.C9H13N3O3.C9H15N3O.C9H18N2O.C9H14N2O.C8H17N3O.C8H13N3O.C8H12N2O.C7H13N3O.10CH4/c1-9(15)14-10-5-3-6-12-11(10)13-7-4-8-16-2;1-13-9-5-4-8-12-10-6-2-3-7-11-10;1-15-7-3-6-11-9-8(12(13)14)4-2-5-10-9;1-13-7-3-6-12-9-8(10)4-2-5-11-9;2*1-12-8-4-7-11-9-5-2-3-6-10-9;2*1-12-7-3-6-11-8-9-4-2-5-10-8;1-11-7-6-10-8-4-2-3-5-9-8;1-11-6-2-3-8-7-9-4-5-10-7;;;;;;;;;;/h3,5-6H,4,7-8H2,1-2H3,(H,12,13)(H,14,15);2-3,6-7H,4-5,8-9H2,1H3,(H,11,12);2,4-5H,3,6-7H2,1H3,(H,10,11);2,4-5H,3,6-7,10H2,1H3,(H,11,12);2-8H2,1H3,(H,10,11);2-3,5-6H,4,7-8H2,1H3,(H,10,11);2-7H2,1H3,(H2,9,10,11);2,4-5H,3,6-7H2,1H3,(H,9,10,11);2-5H,6-7H2,1H3,(H,9,10);4-5H,2-3,6H2,1H3,(H2,8,9,10);10*1H4. The molecule has 0 saturated carbocycles. The average Bonchev–Trinajstić information content (AvgIpc) is 1.13. The van der Waals surface area contributed by atoms with E-state index in [1.807, 2.05) is 72.8 Å². The van der Waals surface area contributed by atoms with E-state index in [2.05, 4.69) is 124 Å². The Morgan fingerprint density at radius 3 is 1.18 bits per heavy atom. The van der Waals surface area contributed by atoms with Gasteiger partial charge in [-0.3, -0.25) is 24.9 Å². The molecular weight excluding hydrogens is 1750 g/mol. The van der Waals surface area contributed by atoms with Crippen molar-refractivity contribution in [2.75, 3.05) is 276 Å². The van der Waals surface area contributed by atoms with Crippen molar-refractivity contribution in [3.8, 4) is 0 Å². The second kappa shape index (κ2) is 112. The van der Waals surface area contributed by atoms with E-state index in [1.54, 1.807) is 145 Å². The molecule has 8 aromatic heterocycles. The minimum atomic E-state index is -0.453. The number of methoxy groups -OCH3 is 10. The zero-order chi connectivity index (χ0) is 92.2. The van der Waals surface area contributed by atoms with Crippen LogP contribution >= 0.6 is 0 Å². The number of nitrogens with two attached hydrogens (primary N) is 1. The van der Waals surface area contributed by atoms with Crippen LogP contribution in [0.4, 0.5) is 63.9 Å². The van der Waals surface area contributed by atoms with Crippen LogP contribution in [0.15, 0.2) is 169 Å². The monoisotopic (exact) mass is 1940 g/mol. The van der Waals surface area contributed by atoms with Crippen molar-refractivity contribution < 1.29 is 57.1 Å². The number of nitro groups is 1. The number of nitrogen functional groups attached to an aromatic ring is 1. The van der Waals surface area contributed by atoms with E-state index in [-0.39, 0.29) is 85.9 Å². The number of rotatable bonds is 50. The van der Waals surface area contributed by atoms with E-state index in [0.717, 1.165) is 237 Å². The molecule has 0 unspecified atom stereocenters. The lowest BCUT2D eigenvalue weighted by Crippen LogP contribution is -2.41.